The van der Waals surface area contributed by atoms with Gasteiger partial charge in [0.05, 0.1) is 11.1 Å². The number of hydrogen-bond acceptors (Lipinski definition) is 2. The maximum absolute atomic E-state index is 4.96. The van der Waals surface area contributed by atoms with Crippen LogP contribution < -0.4 is 0 Å². The molecule has 0 aliphatic heterocycles. The van der Waals surface area contributed by atoms with Gasteiger partial charge in [0.1, 0.15) is 11.5 Å². The first kappa shape index (κ1) is 12.8. The lowest BCUT2D eigenvalue weighted by Gasteiger charge is -2.20. The van der Waals surface area contributed by atoms with Crippen LogP contribution in [0.1, 0.15) is 68.4 Å². The third-order valence-corrected chi connectivity index (χ3v) is 5.34. The molecule has 4 heteroatoms. The van der Waals surface area contributed by atoms with E-state index < -0.39 is 0 Å². The summed E-state index contributed by atoms with van der Waals surface area (Å²) in [5, 5.41) is 1.21. The van der Waals surface area contributed by atoms with Crippen molar-refractivity contribution in [3.8, 4) is 0 Å². The van der Waals surface area contributed by atoms with Crippen molar-refractivity contribution >= 4 is 27.0 Å². The Kier molecular flexibility index (Phi) is 3.09. The summed E-state index contributed by atoms with van der Waals surface area (Å²) in [6.45, 7) is 2.12. The summed E-state index contributed by atoms with van der Waals surface area (Å²) < 4.78 is 3.51. The molecule has 2 aromatic rings. The minimum absolute atomic E-state index is 0.577. The normalized spacial score (nSPS) is 20.7. The number of rotatable bonds is 2. The molecule has 2 aliphatic carbocycles. The van der Waals surface area contributed by atoms with Gasteiger partial charge in [0, 0.05) is 22.6 Å². The maximum atomic E-state index is 4.96. The second kappa shape index (κ2) is 4.83. The van der Waals surface area contributed by atoms with Crippen molar-refractivity contribution in [2.45, 2.75) is 63.8 Å². The molecule has 0 atom stereocenters. The SMILES string of the molecule is Cc1nc(C2CCCCC2)nc2c1c(Br)cn2C1CC1. The zero-order valence-corrected chi connectivity index (χ0v) is 13.5. The minimum atomic E-state index is 0.577. The lowest BCUT2D eigenvalue weighted by Crippen LogP contribution is -2.10. The van der Waals surface area contributed by atoms with E-state index >= 15 is 0 Å². The van der Waals surface area contributed by atoms with Crippen LogP contribution in [0.25, 0.3) is 11.0 Å². The summed E-state index contributed by atoms with van der Waals surface area (Å²) >= 11 is 3.68. The van der Waals surface area contributed by atoms with E-state index in [2.05, 4.69) is 33.6 Å². The summed E-state index contributed by atoms with van der Waals surface area (Å²) in [5.41, 5.74) is 2.27. The predicted octanol–water partition coefficient (Wildman–Crippen LogP) is 4.88. The summed E-state index contributed by atoms with van der Waals surface area (Å²) in [6, 6.07) is 0.664. The fraction of sp³-hybridized carbons (Fsp3) is 0.625. The Morgan fingerprint density at radius 3 is 2.55 bits per heavy atom. The van der Waals surface area contributed by atoms with Gasteiger partial charge >= 0.3 is 0 Å². The molecule has 106 valence electrons. The Morgan fingerprint density at radius 2 is 1.85 bits per heavy atom. The summed E-state index contributed by atoms with van der Waals surface area (Å²) in [7, 11) is 0. The highest BCUT2D eigenvalue weighted by Gasteiger charge is 2.28. The van der Waals surface area contributed by atoms with Gasteiger partial charge in [-0.3, -0.25) is 0 Å². The van der Waals surface area contributed by atoms with Crippen molar-refractivity contribution < 1.29 is 0 Å². The molecule has 0 saturated heterocycles. The van der Waals surface area contributed by atoms with Crippen molar-refractivity contribution in [3.63, 3.8) is 0 Å². The fourth-order valence-corrected chi connectivity index (χ4v) is 4.15. The molecular weight excluding hydrogens is 314 g/mol. The van der Waals surface area contributed by atoms with Gasteiger partial charge in [-0.2, -0.15) is 0 Å². The van der Waals surface area contributed by atoms with E-state index in [0.717, 1.165) is 21.6 Å². The van der Waals surface area contributed by atoms with Gasteiger partial charge in [-0.15, -0.1) is 0 Å². The molecule has 2 aliphatic rings. The Bertz CT molecular complexity index is 651. The van der Waals surface area contributed by atoms with Gasteiger partial charge in [0.25, 0.3) is 0 Å². The summed E-state index contributed by atoms with van der Waals surface area (Å²) in [5.74, 6) is 1.66. The van der Waals surface area contributed by atoms with Gasteiger partial charge in [0.15, 0.2) is 0 Å². The van der Waals surface area contributed by atoms with Crippen LogP contribution in [0.4, 0.5) is 0 Å². The van der Waals surface area contributed by atoms with E-state index in [1.807, 2.05) is 0 Å². The van der Waals surface area contributed by atoms with Crippen molar-refractivity contribution in [1.29, 1.82) is 0 Å². The molecule has 2 aromatic heterocycles. The van der Waals surface area contributed by atoms with Gasteiger partial charge < -0.3 is 4.57 Å². The average molecular weight is 334 g/mol. The summed E-state index contributed by atoms with van der Waals surface area (Å²) in [4.78, 5) is 9.79. The lowest BCUT2D eigenvalue weighted by atomic mass is 9.88. The first-order valence-electron chi connectivity index (χ1n) is 7.78. The van der Waals surface area contributed by atoms with Crippen LogP contribution >= 0.6 is 15.9 Å². The first-order valence-corrected chi connectivity index (χ1v) is 8.58. The van der Waals surface area contributed by atoms with Crippen LogP contribution in [0, 0.1) is 6.92 Å². The van der Waals surface area contributed by atoms with Crippen molar-refractivity contribution in [3.05, 3.63) is 22.2 Å². The topological polar surface area (TPSA) is 30.7 Å². The second-order valence-corrected chi connectivity index (χ2v) is 7.17. The number of hydrogen-bond donors (Lipinski definition) is 0. The minimum Gasteiger partial charge on any atom is -0.328 e. The molecule has 0 aromatic carbocycles. The lowest BCUT2D eigenvalue weighted by molar-refractivity contribution is 0.428. The van der Waals surface area contributed by atoms with Gasteiger partial charge in [-0.05, 0) is 48.5 Å². The molecule has 0 unspecified atom stereocenters. The number of fused-ring (bicyclic) bond motifs is 1. The number of aromatic nitrogens is 3. The molecule has 20 heavy (non-hydrogen) atoms. The monoisotopic (exact) mass is 333 g/mol. The fourth-order valence-electron chi connectivity index (χ4n) is 3.47. The molecule has 2 heterocycles. The maximum Gasteiger partial charge on any atom is 0.145 e. The Morgan fingerprint density at radius 1 is 1.10 bits per heavy atom. The van der Waals surface area contributed by atoms with E-state index in [1.165, 1.54) is 50.3 Å². The Balaban J connectivity index is 1.84. The second-order valence-electron chi connectivity index (χ2n) is 6.32. The van der Waals surface area contributed by atoms with E-state index in [0.29, 0.717) is 12.0 Å². The van der Waals surface area contributed by atoms with E-state index in [9.17, 15) is 0 Å². The van der Waals surface area contributed by atoms with Crippen LogP contribution in [-0.2, 0) is 0 Å². The predicted molar refractivity (Wildman–Crippen MR) is 84.1 cm³/mol. The van der Waals surface area contributed by atoms with Crippen molar-refractivity contribution in [2.75, 3.05) is 0 Å². The Hall–Kier alpha value is -0.900. The van der Waals surface area contributed by atoms with Crippen molar-refractivity contribution in [1.82, 2.24) is 14.5 Å². The largest absolute Gasteiger partial charge is 0.328 e. The molecule has 0 radical (unpaired) electrons. The van der Waals surface area contributed by atoms with Crippen LogP contribution in [0.2, 0.25) is 0 Å². The number of halogens is 1. The third kappa shape index (κ3) is 2.09. The standard InChI is InChI=1S/C16H20BrN3/c1-10-14-13(17)9-20(12-7-8-12)16(14)19-15(18-10)11-5-3-2-4-6-11/h9,11-12H,2-8H2,1H3. The van der Waals surface area contributed by atoms with Crippen LogP contribution in [-0.4, -0.2) is 14.5 Å². The highest BCUT2D eigenvalue weighted by Crippen LogP contribution is 2.41. The van der Waals surface area contributed by atoms with Crippen LogP contribution in [0.5, 0.6) is 0 Å². The molecule has 0 bridgehead atoms. The smallest absolute Gasteiger partial charge is 0.145 e. The molecule has 2 fully saturated rings. The number of nitrogens with zero attached hydrogens (tertiary/aromatic N) is 3. The van der Waals surface area contributed by atoms with E-state index in [-0.39, 0.29) is 0 Å². The van der Waals surface area contributed by atoms with Crippen molar-refractivity contribution in [2.24, 2.45) is 0 Å². The van der Waals surface area contributed by atoms with E-state index in [4.69, 9.17) is 9.97 Å². The molecule has 3 nitrogen and oxygen atoms in total. The number of aryl methyl sites for hydroxylation is 1. The molecule has 0 amide bonds. The molecule has 0 spiro atoms. The molecule has 4 rings (SSSR count). The first-order chi connectivity index (χ1) is 9.74. The molecule has 0 N–H and O–H groups in total. The zero-order chi connectivity index (χ0) is 13.7. The third-order valence-electron chi connectivity index (χ3n) is 4.73. The highest BCUT2D eigenvalue weighted by molar-refractivity contribution is 9.10. The zero-order valence-electron chi connectivity index (χ0n) is 11.9. The van der Waals surface area contributed by atoms with Gasteiger partial charge in [0.2, 0.25) is 0 Å². The van der Waals surface area contributed by atoms with Crippen LogP contribution in [0.15, 0.2) is 10.7 Å². The van der Waals surface area contributed by atoms with E-state index in [1.54, 1.807) is 0 Å². The average Bonchev–Trinajstić information content (AvgIpc) is 3.24. The molecular formula is C16H20BrN3. The Labute approximate surface area is 127 Å². The summed E-state index contributed by atoms with van der Waals surface area (Å²) in [6.07, 6.45) is 11.3. The quantitative estimate of drug-likeness (QED) is 0.783. The van der Waals surface area contributed by atoms with Gasteiger partial charge in [-0.1, -0.05) is 19.3 Å². The van der Waals surface area contributed by atoms with Crippen LogP contribution in [0.3, 0.4) is 0 Å². The molecule has 2 saturated carbocycles. The van der Waals surface area contributed by atoms with Gasteiger partial charge in [-0.25, -0.2) is 9.97 Å². The highest BCUT2D eigenvalue weighted by atomic mass is 79.9.